The van der Waals surface area contributed by atoms with Crippen molar-refractivity contribution < 1.29 is 19.5 Å². The van der Waals surface area contributed by atoms with Gasteiger partial charge in [0, 0.05) is 49.3 Å². The van der Waals surface area contributed by atoms with Crippen LogP contribution in [0.3, 0.4) is 0 Å². The molecule has 0 saturated heterocycles. The van der Waals surface area contributed by atoms with Gasteiger partial charge in [0.1, 0.15) is 0 Å². The third kappa shape index (κ3) is 5.44. The first-order valence-electron chi connectivity index (χ1n) is 20.7. The summed E-state index contributed by atoms with van der Waals surface area (Å²) in [6.07, 6.45) is 12.4. The highest BCUT2D eigenvalue weighted by Gasteiger charge is 2.46. The number of ketones is 2. The summed E-state index contributed by atoms with van der Waals surface area (Å²) in [5.74, 6) is -1.48. The lowest BCUT2D eigenvalue weighted by molar-refractivity contribution is 0.0696. The monoisotopic (exact) mass is 767 g/mol. The first-order valence-corrected chi connectivity index (χ1v) is 21.5. The highest BCUT2D eigenvalue weighted by molar-refractivity contribution is 7.16. The molecule has 284 valence electrons. The van der Waals surface area contributed by atoms with Gasteiger partial charge in [-0.15, -0.1) is 11.3 Å². The first kappa shape index (κ1) is 35.8. The number of aromatic carboxylic acids is 1. The van der Waals surface area contributed by atoms with Crippen LogP contribution in [0.15, 0.2) is 109 Å². The van der Waals surface area contributed by atoms with Crippen molar-refractivity contribution in [2.75, 3.05) is 4.90 Å². The average molecular weight is 768 g/mol. The van der Waals surface area contributed by atoms with Gasteiger partial charge in [0.05, 0.1) is 16.8 Å². The van der Waals surface area contributed by atoms with Crippen LogP contribution in [0.5, 0.6) is 0 Å². The predicted octanol–water partition coefficient (Wildman–Crippen LogP) is 13.2. The molecule has 0 amide bonds. The van der Waals surface area contributed by atoms with E-state index in [2.05, 4.69) is 97.6 Å². The molecule has 2 atom stereocenters. The minimum Gasteiger partial charge on any atom is -0.478 e. The topological polar surface area (TPSA) is 74.7 Å². The van der Waals surface area contributed by atoms with E-state index in [1.807, 2.05) is 6.07 Å². The number of fused-ring (bicyclic) bond motifs is 9. The Morgan fingerprint density at radius 3 is 2.28 bits per heavy atom. The summed E-state index contributed by atoms with van der Waals surface area (Å²) in [6.45, 7) is 4.62. The summed E-state index contributed by atoms with van der Waals surface area (Å²) in [6, 6.07) is 36.5. The molecule has 1 N–H and O–H groups in total. The zero-order valence-electron chi connectivity index (χ0n) is 32.4. The van der Waals surface area contributed by atoms with Gasteiger partial charge in [-0.1, -0.05) is 101 Å². The summed E-state index contributed by atoms with van der Waals surface area (Å²) in [5.41, 5.74) is 11.6. The Morgan fingerprint density at radius 2 is 1.49 bits per heavy atom. The van der Waals surface area contributed by atoms with Crippen molar-refractivity contribution in [2.45, 2.75) is 89.0 Å². The largest absolute Gasteiger partial charge is 0.478 e. The maximum Gasteiger partial charge on any atom is 0.335 e. The molecule has 5 nitrogen and oxygen atoms in total. The second-order valence-electron chi connectivity index (χ2n) is 16.4. The normalized spacial score (nSPS) is 19.3. The summed E-state index contributed by atoms with van der Waals surface area (Å²) in [4.78, 5) is 42.9. The molecule has 57 heavy (non-hydrogen) atoms. The molecule has 2 unspecified atom stereocenters. The third-order valence-electron chi connectivity index (χ3n) is 13.4. The minimum atomic E-state index is -1.13. The number of carbonyl (C=O) groups excluding carboxylic acids is 2. The van der Waals surface area contributed by atoms with Gasteiger partial charge >= 0.3 is 5.97 Å². The van der Waals surface area contributed by atoms with Gasteiger partial charge in [-0.2, -0.15) is 0 Å². The standard InChI is InChI=1S/C51H45NO4S/c1-3-5-24-51(25-6-4-2)43-16-10-9-13-34(43)38-27-31(19-22-44(38)51)52-45-17-11-15-35(45)40-29-39(33-12-7-8-14-36(33)47(40)52)46-23-20-32(57-46)28-42-48(53)37-21-18-30(50(55)56)26-41(37)49(42)54/h7-10,12-14,16,18-23,26-29,35,45H,3-6,11,15,17,24-25H2,1-2H3,(H,55,56)/b42-28+. The molecule has 5 aromatic carbocycles. The second kappa shape index (κ2) is 13.8. The molecule has 0 bridgehead atoms. The van der Waals surface area contributed by atoms with E-state index >= 15 is 0 Å². The molecule has 0 spiro atoms. The number of nitrogens with zero attached hydrogens (tertiary/aromatic N) is 1. The van der Waals surface area contributed by atoms with E-state index < -0.39 is 11.8 Å². The van der Waals surface area contributed by atoms with Crippen LogP contribution in [0.2, 0.25) is 0 Å². The zero-order valence-corrected chi connectivity index (χ0v) is 33.3. The van der Waals surface area contributed by atoms with Gasteiger partial charge in [-0.05, 0) is 119 Å². The SMILES string of the molecule is CCCCC1(CCCC)c2ccccc2-c2cc(N3c4c(cc(-c5ccc(/C=C6\C(=O)c7ccc(C(=O)O)cc7C6=O)s5)c5ccccc45)C4CCCC43)ccc21. The number of carboxylic acids is 1. The number of benzene rings is 5. The van der Waals surface area contributed by atoms with Crippen molar-refractivity contribution >= 4 is 57.1 Å². The van der Waals surface area contributed by atoms with Crippen molar-refractivity contribution in [1.29, 1.82) is 0 Å². The van der Waals surface area contributed by atoms with Crippen LogP contribution < -0.4 is 4.90 Å². The van der Waals surface area contributed by atoms with Crippen molar-refractivity contribution in [3.8, 4) is 21.6 Å². The molecule has 1 aromatic heterocycles. The molecule has 1 aliphatic heterocycles. The Morgan fingerprint density at radius 1 is 0.754 bits per heavy atom. The zero-order chi connectivity index (χ0) is 39.0. The quantitative estimate of drug-likeness (QED) is 0.111. The van der Waals surface area contributed by atoms with Crippen molar-refractivity contribution in [3.05, 3.63) is 147 Å². The third-order valence-corrected chi connectivity index (χ3v) is 14.4. The molecule has 0 radical (unpaired) electrons. The van der Waals surface area contributed by atoms with Crippen LogP contribution in [0.25, 0.3) is 38.4 Å². The van der Waals surface area contributed by atoms with Crippen molar-refractivity contribution in [3.63, 3.8) is 0 Å². The number of unbranched alkanes of at least 4 members (excludes halogenated alkanes) is 2. The highest BCUT2D eigenvalue weighted by atomic mass is 32.1. The molecule has 1 saturated carbocycles. The number of hydrogen-bond donors (Lipinski definition) is 1. The number of anilines is 2. The van der Waals surface area contributed by atoms with Crippen LogP contribution in [0.1, 0.15) is 130 Å². The Bertz CT molecular complexity index is 2690. The molecule has 1 fully saturated rings. The van der Waals surface area contributed by atoms with E-state index in [9.17, 15) is 19.5 Å². The minimum absolute atomic E-state index is 0.00512. The van der Waals surface area contributed by atoms with Gasteiger partial charge in [0.15, 0.2) is 11.6 Å². The fourth-order valence-corrected chi connectivity index (χ4v) is 11.7. The molecule has 10 rings (SSSR count). The first-order chi connectivity index (χ1) is 27.8. The van der Waals surface area contributed by atoms with E-state index in [1.165, 1.54) is 119 Å². The van der Waals surface area contributed by atoms with Crippen molar-refractivity contribution in [1.82, 2.24) is 0 Å². The number of carboxylic acid groups (broad SMARTS) is 1. The Labute approximate surface area is 337 Å². The molecule has 2 heterocycles. The van der Waals surface area contributed by atoms with Crippen LogP contribution >= 0.6 is 11.3 Å². The Balaban J connectivity index is 1.06. The van der Waals surface area contributed by atoms with Gasteiger partial charge in [0.25, 0.3) is 0 Å². The summed E-state index contributed by atoms with van der Waals surface area (Å²) >= 11 is 1.58. The lowest BCUT2D eigenvalue weighted by Gasteiger charge is -2.33. The number of rotatable bonds is 10. The Kier molecular flexibility index (Phi) is 8.67. The number of thiophene rings is 1. The smallest absolute Gasteiger partial charge is 0.335 e. The van der Waals surface area contributed by atoms with Crippen LogP contribution in [-0.4, -0.2) is 28.7 Å². The van der Waals surface area contributed by atoms with E-state index in [-0.39, 0.29) is 33.5 Å². The highest BCUT2D eigenvalue weighted by Crippen LogP contribution is 2.59. The molecule has 6 heteroatoms. The molecule has 4 aliphatic rings. The fourth-order valence-electron chi connectivity index (χ4n) is 10.8. The van der Waals surface area contributed by atoms with Crippen LogP contribution in [0, 0.1) is 0 Å². The molecular weight excluding hydrogens is 723 g/mol. The summed E-state index contributed by atoms with van der Waals surface area (Å²) < 4.78 is 0. The lowest BCUT2D eigenvalue weighted by atomic mass is 9.71. The number of hydrogen-bond acceptors (Lipinski definition) is 5. The van der Waals surface area contributed by atoms with Crippen LogP contribution in [-0.2, 0) is 5.41 Å². The van der Waals surface area contributed by atoms with Gasteiger partial charge < -0.3 is 10.0 Å². The van der Waals surface area contributed by atoms with Gasteiger partial charge in [0.2, 0.25) is 0 Å². The number of allylic oxidation sites excluding steroid dienone is 1. The molecule has 6 aromatic rings. The maximum absolute atomic E-state index is 13.4. The van der Waals surface area contributed by atoms with Crippen molar-refractivity contribution in [2.24, 2.45) is 0 Å². The van der Waals surface area contributed by atoms with Gasteiger partial charge in [-0.3, -0.25) is 9.59 Å². The average Bonchev–Trinajstić information content (AvgIpc) is 4.06. The number of Topliss-reactive ketones (excluding diaryl/α,β-unsaturated/α-hetero) is 2. The molecular formula is C51H45NO4S. The van der Waals surface area contributed by atoms with E-state index in [0.29, 0.717) is 12.0 Å². The van der Waals surface area contributed by atoms with E-state index in [1.54, 1.807) is 17.4 Å². The lowest BCUT2D eigenvalue weighted by Crippen LogP contribution is -2.27. The van der Waals surface area contributed by atoms with E-state index in [0.717, 1.165) is 22.6 Å². The fraction of sp³-hybridized carbons (Fsp3) is 0.275. The Hall–Kier alpha value is -5.59. The summed E-state index contributed by atoms with van der Waals surface area (Å²) in [5, 5.41) is 11.9. The van der Waals surface area contributed by atoms with E-state index in [4.69, 9.17) is 0 Å². The predicted molar refractivity (Wildman–Crippen MR) is 232 cm³/mol. The summed E-state index contributed by atoms with van der Waals surface area (Å²) in [7, 11) is 0. The number of carbonyl (C=O) groups is 3. The second-order valence-corrected chi connectivity index (χ2v) is 17.5. The van der Waals surface area contributed by atoms with Gasteiger partial charge in [-0.25, -0.2) is 4.79 Å². The van der Waals surface area contributed by atoms with Crippen LogP contribution in [0.4, 0.5) is 11.4 Å². The molecule has 3 aliphatic carbocycles. The maximum atomic E-state index is 13.4.